The number of amides is 1. The maximum absolute atomic E-state index is 12.3. The van der Waals surface area contributed by atoms with Gasteiger partial charge in [0.25, 0.3) is 0 Å². The van der Waals surface area contributed by atoms with Crippen LogP contribution in [0.4, 0.5) is 11.4 Å². The Hall–Kier alpha value is -3.10. The van der Waals surface area contributed by atoms with Crippen molar-refractivity contribution in [1.82, 2.24) is 14.9 Å². The predicted molar refractivity (Wildman–Crippen MR) is 168 cm³/mol. The number of carbonyl (C=O) groups is 1. The zero-order valence-corrected chi connectivity index (χ0v) is 25.5. The topological polar surface area (TPSA) is 62.2 Å². The minimum Gasteiger partial charge on any atom is -0.351 e. The number of aromatic nitrogens is 2. The van der Waals surface area contributed by atoms with E-state index in [1.807, 2.05) is 63.2 Å². The number of pyridine rings is 1. The van der Waals surface area contributed by atoms with E-state index in [1.165, 1.54) is 0 Å². The number of carbonyl (C=O) groups excluding carboxylic acids is 1. The van der Waals surface area contributed by atoms with Crippen LogP contribution in [0.1, 0.15) is 48.6 Å². The fourth-order valence-corrected chi connectivity index (χ4v) is 6.05. The minimum atomic E-state index is -0.257. The van der Waals surface area contributed by atoms with Gasteiger partial charge < -0.3 is 20.1 Å². The maximum atomic E-state index is 12.3. The van der Waals surface area contributed by atoms with Crippen LogP contribution in [0.5, 0.6) is 0 Å². The van der Waals surface area contributed by atoms with Crippen LogP contribution in [-0.2, 0) is 4.79 Å². The van der Waals surface area contributed by atoms with Gasteiger partial charge in [-0.05, 0) is 80.2 Å². The van der Waals surface area contributed by atoms with Crippen LogP contribution in [0.25, 0.3) is 5.69 Å². The molecule has 10 heteroatoms. The Morgan fingerprint density at radius 2 is 1.80 bits per heavy atom. The van der Waals surface area contributed by atoms with Crippen LogP contribution in [0.15, 0.2) is 66.9 Å². The lowest BCUT2D eigenvalue weighted by Gasteiger charge is -2.28. The average molecular weight is 613 g/mol. The first kappa shape index (κ1) is 28.4. The van der Waals surface area contributed by atoms with Gasteiger partial charge >= 0.3 is 0 Å². The van der Waals surface area contributed by atoms with Gasteiger partial charge in [-0.2, -0.15) is 0 Å². The molecule has 2 aromatic heterocycles. The van der Waals surface area contributed by atoms with Crippen molar-refractivity contribution in [1.29, 1.82) is 0 Å². The SMILES string of the molecule is Cc1cc(C2C(c3ccccn3)NC(=S)N2c2ccc(NC(=O)C(C)C)c(Cl)c2)c(C)n1-c1cccc(Cl)c1Cl. The smallest absolute Gasteiger partial charge is 0.226 e. The summed E-state index contributed by atoms with van der Waals surface area (Å²) in [6.45, 7) is 7.77. The molecule has 0 radical (unpaired) electrons. The molecule has 2 aromatic carbocycles. The molecular weight excluding hydrogens is 585 g/mol. The van der Waals surface area contributed by atoms with Crippen molar-refractivity contribution in [3.05, 3.63) is 105 Å². The third-order valence-corrected chi connectivity index (χ3v) is 8.51. The summed E-state index contributed by atoms with van der Waals surface area (Å²) >= 11 is 25.6. The standard InChI is InChI=1S/C30H28Cl3N5OS/c1-16(2)29(39)35-23-12-11-19(15-22(23)32)38-28(27(36-30(38)40)24-9-5-6-13-34-24)20-14-17(3)37(18(20)4)25-10-7-8-21(31)26(25)33/h5-16,27-28H,1-4H3,(H,35,39)(H,36,40). The summed E-state index contributed by atoms with van der Waals surface area (Å²) in [5.74, 6) is -0.272. The summed E-state index contributed by atoms with van der Waals surface area (Å²) in [4.78, 5) is 19.0. The number of nitrogens with one attached hydrogen (secondary N) is 2. The third kappa shape index (κ3) is 5.19. The van der Waals surface area contributed by atoms with E-state index in [-0.39, 0.29) is 23.9 Å². The third-order valence-electron chi connectivity index (χ3n) is 7.07. The zero-order valence-electron chi connectivity index (χ0n) is 22.4. The van der Waals surface area contributed by atoms with Crippen LogP contribution < -0.4 is 15.5 Å². The van der Waals surface area contributed by atoms with E-state index in [4.69, 9.17) is 47.0 Å². The Morgan fingerprint density at radius 1 is 1.02 bits per heavy atom. The van der Waals surface area contributed by atoms with E-state index in [0.29, 0.717) is 25.9 Å². The number of anilines is 2. The summed E-state index contributed by atoms with van der Waals surface area (Å²) in [5.41, 5.74) is 6.04. The van der Waals surface area contributed by atoms with Crippen LogP contribution in [0.3, 0.4) is 0 Å². The summed E-state index contributed by atoms with van der Waals surface area (Å²) in [5, 5.41) is 8.32. The Morgan fingerprint density at radius 3 is 2.48 bits per heavy atom. The molecule has 2 N–H and O–H groups in total. The van der Waals surface area contributed by atoms with Gasteiger partial charge in [-0.3, -0.25) is 9.78 Å². The monoisotopic (exact) mass is 611 g/mol. The second-order valence-corrected chi connectivity index (χ2v) is 11.6. The summed E-state index contributed by atoms with van der Waals surface area (Å²) in [6.07, 6.45) is 1.78. The number of hydrogen-bond donors (Lipinski definition) is 2. The molecular formula is C30H28Cl3N5OS. The molecule has 0 bridgehead atoms. The predicted octanol–water partition coefficient (Wildman–Crippen LogP) is 8.22. The summed E-state index contributed by atoms with van der Waals surface area (Å²) in [7, 11) is 0. The Kier molecular flexibility index (Phi) is 8.11. The summed E-state index contributed by atoms with van der Waals surface area (Å²) in [6, 6.07) is 18.7. The second-order valence-electron chi connectivity index (χ2n) is 10.0. The highest BCUT2D eigenvalue weighted by atomic mass is 35.5. The van der Waals surface area contributed by atoms with Crippen molar-refractivity contribution in [2.24, 2.45) is 5.92 Å². The van der Waals surface area contributed by atoms with Crippen molar-refractivity contribution < 1.29 is 4.79 Å². The highest BCUT2D eigenvalue weighted by Crippen LogP contribution is 2.45. The lowest BCUT2D eigenvalue weighted by atomic mass is 9.96. The number of nitrogens with zero attached hydrogens (tertiary/aromatic N) is 3. The molecule has 5 rings (SSSR count). The first-order valence-corrected chi connectivity index (χ1v) is 14.4. The number of halogens is 3. The fraction of sp³-hybridized carbons (Fsp3) is 0.233. The highest BCUT2D eigenvalue weighted by molar-refractivity contribution is 7.80. The molecule has 2 unspecified atom stereocenters. The lowest BCUT2D eigenvalue weighted by Crippen LogP contribution is -2.29. The van der Waals surface area contributed by atoms with Gasteiger partial charge in [0.2, 0.25) is 5.91 Å². The van der Waals surface area contributed by atoms with Gasteiger partial charge in [-0.1, -0.05) is 60.8 Å². The number of hydrogen-bond acceptors (Lipinski definition) is 3. The summed E-state index contributed by atoms with van der Waals surface area (Å²) < 4.78 is 2.11. The Bertz CT molecular complexity index is 1600. The Labute approximate surface area is 254 Å². The second kappa shape index (κ2) is 11.4. The van der Waals surface area contributed by atoms with E-state index in [9.17, 15) is 4.79 Å². The van der Waals surface area contributed by atoms with Crippen molar-refractivity contribution in [2.75, 3.05) is 10.2 Å². The maximum Gasteiger partial charge on any atom is 0.226 e. The molecule has 3 heterocycles. The lowest BCUT2D eigenvalue weighted by molar-refractivity contribution is -0.118. The van der Waals surface area contributed by atoms with E-state index in [0.717, 1.165) is 34.0 Å². The van der Waals surface area contributed by atoms with Crippen LogP contribution in [0, 0.1) is 19.8 Å². The molecule has 40 heavy (non-hydrogen) atoms. The quantitative estimate of drug-likeness (QED) is 0.215. The van der Waals surface area contributed by atoms with Gasteiger partial charge in [0.1, 0.15) is 0 Å². The van der Waals surface area contributed by atoms with Crippen molar-refractivity contribution in [3.8, 4) is 5.69 Å². The normalized spacial score (nSPS) is 16.9. The van der Waals surface area contributed by atoms with Crippen molar-refractivity contribution in [2.45, 2.75) is 39.8 Å². The number of rotatable bonds is 6. The van der Waals surface area contributed by atoms with Gasteiger partial charge in [0.05, 0.1) is 44.2 Å². The average Bonchev–Trinajstić information content (AvgIpc) is 3.42. The molecule has 1 aliphatic rings. The van der Waals surface area contributed by atoms with Gasteiger partial charge in [-0.15, -0.1) is 0 Å². The number of aryl methyl sites for hydroxylation is 1. The molecule has 1 aliphatic heterocycles. The minimum absolute atomic E-state index is 0.104. The molecule has 1 amide bonds. The Balaban J connectivity index is 1.64. The molecule has 1 fully saturated rings. The number of benzene rings is 2. The fourth-order valence-electron chi connectivity index (χ4n) is 5.10. The largest absolute Gasteiger partial charge is 0.351 e. The van der Waals surface area contributed by atoms with Crippen LogP contribution in [0.2, 0.25) is 15.1 Å². The van der Waals surface area contributed by atoms with E-state index in [2.05, 4.69) is 38.1 Å². The molecule has 0 spiro atoms. The van der Waals surface area contributed by atoms with Crippen molar-refractivity contribution >= 4 is 69.4 Å². The van der Waals surface area contributed by atoms with Crippen molar-refractivity contribution in [3.63, 3.8) is 0 Å². The van der Waals surface area contributed by atoms with Gasteiger partial charge in [0.15, 0.2) is 5.11 Å². The first-order chi connectivity index (χ1) is 19.1. The van der Waals surface area contributed by atoms with Crippen LogP contribution in [-0.4, -0.2) is 20.6 Å². The molecule has 0 aliphatic carbocycles. The first-order valence-electron chi connectivity index (χ1n) is 12.8. The molecule has 0 saturated carbocycles. The van der Waals surface area contributed by atoms with E-state index < -0.39 is 0 Å². The van der Waals surface area contributed by atoms with Crippen LogP contribution >= 0.6 is 47.0 Å². The van der Waals surface area contributed by atoms with E-state index in [1.54, 1.807) is 18.3 Å². The highest BCUT2D eigenvalue weighted by Gasteiger charge is 2.42. The van der Waals surface area contributed by atoms with Gasteiger partial charge in [0, 0.05) is 29.2 Å². The molecule has 1 saturated heterocycles. The molecule has 206 valence electrons. The van der Waals surface area contributed by atoms with E-state index >= 15 is 0 Å². The molecule has 6 nitrogen and oxygen atoms in total. The molecule has 2 atom stereocenters. The van der Waals surface area contributed by atoms with Gasteiger partial charge in [-0.25, -0.2) is 0 Å². The number of thiocarbonyl (C=S) groups is 1. The zero-order chi connectivity index (χ0) is 28.7. The molecule has 4 aromatic rings.